The van der Waals surface area contributed by atoms with Gasteiger partial charge in [-0.1, -0.05) is 30.3 Å². The molecule has 0 atom stereocenters. The summed E-state index contributed by atoms with van der Waals surface area (Å²) in [6, 6.07) is 16.5. The lowest BCUT2D eigenvalue weighted by atomic mass is 10.1. The summed E-state index contributed by atoms with van der Waals surface area (Å²) in [6.07, 6.45) is 0. The molecule has 0 aromatic heterocycles. The van der Waals surface area contributed by atoms with Gasteiger partial charge in [-0.05, 0) is 23.6 Å². The van der Waals surface area contributed by atoms with E-state index in [2.05, 4.69) is 10.2 Å². The molecule has 0 amide bonds. The van der Waals surface area contributed by atoms with Crippen LogP contribution < -0.4 is 9.47 Å². The summed E-state index contributed by atoms with van der Waals surface area (Å²) in [5, 5.41) is 20.8. The molecule has 186 valence electrons. The van der Waals surface area contributed by atoms with Gasteiger partial charge in [-0.15, -0.1) is 5.11 Å². The van der Waals surface area contributed by atoms with Crippen molar-refractivity contribution >= 4 is 22.1 Å². The smallest absolute Gasteiger partial charge is 0.163 e. The zero-order valence-corrected chi connectivity index (χ0v) is 19.6. The first-order chi connectivity index (χ1) is 17.3. The van der Waals surface area contributed by atoms with E-state index in [-0.39, 0.29) is 5.75 Å². The van der Waals surface area contributed by atoms with Gasteiger partial charge >= 0.3 is 0 Å². The van der Waals surface area contributed by atoms with E-state index in [4.69, 9.17) is 28.4 Å². The molecule has 9 nitrogen and oxygen atoms in total. The minimum Gasteiger partial charge on any atom is -0.506 e. The monoisotopic (exact) mass is 482 g/mol. The van der Waals surface area contributed by atoms with Crippen LogP contribution in [0.5, 0.6) is 17.2 Å². The van der Waals surface area contributed by atoms with E-state index in [9.17, 15) is 5.11 Å². The molecule has 1 aliphatic heterocycles. The fourth-order valence-electron chi connectivity index (χ4n) is 3.43. The van der Waals surface area contributed by atoms with Crippen LogP contribution in [0.15, 0.2) is 64.8 Å². The van der Waals surface area contributed by atoms with Crippen molar-refractivity contribution in [1.82, 2.24) is 0 Å². The van der Waals surface area contributed by atoms with E-state index in [0.717, 1.165) is 10.8 Å². The number of hydrogen-bond donors (Lipinski definition) is 1. The number of rotatable bonds is 2. The van der Waals surface area contributed by atoms with Gasteiger partial charge in [-0.3, -0.25) is 0 Å². The number of hydrogen-bond acceptors (Lipinski definition) is 9. The van der Waals surface area contributed by atoms with Crippen LogP contribution in [-0.4, -0.2) is 71.2 Å². The molecule has 0 aliphatic carbocycles. The van der Waals surface area contributed by atoms with E-state index in [1.54, 1.807) is 24.3 Å². The molecule has 1 aliphatic rings. The summed E-state index contributed by atoms with van der Waals surface area (Å²) >= 11 is 0. The third-order valence-corrected chi connectivity index (χ3v) is 5.16. The predicted octanol–water partition coefficient (Wildman–Crippen LogP) is 4.80. The van der Waals surface area contributed by atoms with Crippen LogP contribution in [0, 0.1) is 0 Å². The first-order valence-electron chi connectivity index (χ1n) is 11.6. The molecule has 9 heteroatoms. The largest absolute Gasteiger partial charge is 0.506 e. The van der Waals surface area contributed by atoms with Crippen LogP contribution in [0.2, 0.25) is 0 Å². The Labute approximate surface area is 204 Å². The Morgan fingerprint density at radius 1 is 0.571 bits per heavy atom. The number of aromatic hydroxyl groups is 1. The van der Waals surface area contributed by atoms with E-state index >= 15 is 0 Å². The zero-order valence-electron chi connectivity index (χ0n) is 19.6. The molecular weight excluding hydrogens is 452 g/mol. The van der Waals surface area contributed by atoms with E-state index in [1.807, 2.05) is 30.3 Å². The average Bonchev–Trinajstić information content (AvgIpc) is 2.88. The standard InChI is InChI=1S/C26H30N2O7/c29-23-7-5-20-3-1-2-4-22(20)26(23)28-27-21-6-8-24-25(19-21)35-18-16-33-14-12-31-10-9-30-11-13-32-15-17-34-24/h1-8,19,29H,9-18H2. The van der Waals surface area contributed by atoms with Gasteiger partial charge in [0, 0.05) is 11.5 Å². The molecular formula is C26H30N2O7. The number of benzene rings is 3. The molecule has 35 heavy (non-hydrogen) atoms. The van der Waals surface area contributed by atoms with Crippen LogP contribution in [0.1, 0.15) is 0 Å². The molecule has 0 saturated heterocycles. The Balaban J connectivity index is 1.47. The Kier molecular flexibility index (Phi) is 9.66. The second-order valence-electron chi connectivity index (χ2n) is 7.63. The number of phenolic OH excluding ortho intramolecular Hbond substituents is 1. The Morgan fingerprint density at radius 2 is 1.17 bits per heavy atom. The van der Waals surface area contributed by atoms with Crippen molar-refractivity contribution in [2.45, 2.75) is 0 Å². The van der Waals surface area contributed by atoms with Crippen molar-refractivity contribution in [3.63, 3.8) is 0 Å². The number of phenols is 1. The van der Waals surface area contributed by atoms with Crippen LogP contribution in [0.3, 0.4) is 0 Å². The molecule has 1 heterocycles. The van der Waals surface area contributed by atoms with Gasteiger partial charge in [0.05, 0.1) is 58.5 Å². The molecule has 0 bridgehead atoms. The normalized spacial score (nSPS) is 17.1. The molecule has 0 unspecified atom stereocenters. The van der Waals surface area contributed by atoms with Crippen molar-refractivity contribution in [2.24, 2.45) is 10.2 Å². The maximum Gasteiger partial charge on any atom is 0.163 e. The highest BCUT2D eigenvalue weighted by Gasteiger charge is 2.10. The lowest BCUT2D eigenvalue weighted by Gasteiger charge is -2.14. The fraction of sp³-hybridized carbons (Fsp3) is 0.385. The molecule has 3 aromatic rings. The predicted molar refractivity (Wildman–Crippen MR) is 130 cm³/mol. The summed E-state index contributed by atoms with van der Waals surface area (Å²) in [5.74, 6) is 1.16. The Bertz CT molecular complexity index is 1110. The minimum atomic E-state index is 0.0649. The summed E-state index contributed by atoms with van der Waals surface area (Å²) in [7, 11) is 0. The molecule has 0 spiro atoms. The molecule has 1 N–H and O–H groups in total. The Morgan fingerprint density at radius 3 is 1.86 bits per heavy atom. The van der Waals surface area contributed by atoms with Crippen molar-refractivity contribution in [1.29, 1.82) is 0 Å². The second kappa shape index (κ2) is 13.6. The highest BCUT2D eigenvalue weighted by atomic mass is 16.6. The maximum absolute atomic E-state index is 10.3. The second-order valence-corrected chi connectivity index (χ2v) is 7.63. The fourth-order valence-corrected chi connectivity index (χ4v) is 3.43. The van der Waals surface area contributed by atoms with Crippen molar-refractivity contribution in [3.05, 3.63) is 54.6 Å². The SMILES string of the molecule is Oc1ccc2ccccc2c1N=Nc1ccc2c(c1)OCCOCCOCCOCCOCCO2. The lowest BCUT2D eigenvalue weighted by Crippen LogP contribution is -2.15. The van der Waals surface area contributed by atoms with Gasteiger partial charge in [0.1, 0.15) is 24.7 Å². The van der Waals surface area contributed by atoms with Crippen LogP contribution in [0.25, 0.3) is 10.8 Å². The number of nitrogens with zero attached hydrogens (tertiary/aromatic N) is 2. The molecule has 0 fully saturated rings. The summed E-state index contributed by atoms with van der Waals surface area (Å²) in [5.41, 5.74) is 0.973. The van der Waals surface area contributed by atoms with Crippen molar-refractivity contribution in [3.8, 4) is 17.2 Å². The van der Waals surface area contributed by atoms with Gasteiger partial charge in [0.2, 0.25) is 0 Å². The molecule has 3 aromatic carbocycles. The highest BCUT2D eigenvalue weighted by Crippen LogP contribution is 2.37. The first-order valence-corrected chi connectivity index (χ1v) is 11.6. The molecule has 0 radical (unpaired) electrons. The van der Waals surface area contributed by atoms with Crippen molar-refractivity contribution < 1.29 is 33.5 Å². The van der Waals surface area contributed by atoms with E-state index < -0.39 is 0 Å². The van der Waals surface area contributed by atoms with Gasteiger partial charge in [0.25, 0.3) is 0 Å². The van der Waals surface area contributed by atoms with E-state index in [0.29, 0.717) is 88.9 Å². The van der Waals surface area contributed by atoms with E-state index in [1.165, 1.54) is 0 Å². The third kappa shape index (κ3) is 7.63. The van der Waals surface area contributed by atoms with Crippen LogP contribution >= 0.6 is 0 Å². The summed E-state index contributed by atoms with van der Waals surface area (Å²) < 4.78 is 33.8. The van der Waals surface area contributed by atoms with Gasteiger partial charge in [-0.2, -0.15) is 5.11 Å². The Hall–Kier alpha value is -3.24. The van der Waals surface area contributed by atoms with Crippen LogP contribution in [-0.2, 0) is 18.9 Å². The zero-order chi connectivity index (χ0) is 24.1. The molecule has 4 rings (SSSR count). The van der Waals surface area contributed by atoms with Crippen LogP contribution in [0.4, 0.5) is 11.4 Å². The quantitative estimate of drug-likeness (QED) is 0.524. The van der Waals surface area contributed by atoms with Gasteiger partial charge < -0.3 is 33.5 Å². The minimum absolute atomic E-state index is 0.0649. The number of azo groups is 1. The van der Waals surface area contributed by atoms with Gasteiger partial charge in [-0.25, -0.2) is 0 Å². The average molecular weight is 483 g/mol. The highest BCUT2D eigenvalue weighted by molar-refractivity contribution is 5.95. The first kappa shape index (κ1) is 24.9. The number of fused-ring (bicyclic) bond motifs is 2. The number of ether oxygens (including phenoxy) is 6. The summed E-state index contributed by atoms with van der Waals surface area (Å²) in [6.45, 7) is 4.50. The van der Waals surface area contributed by atoms with Crippen molar-refractivity contribution in [2.75, 3.05) is 66.1 Å². The third-order valence-electron chi connectivity index (χ3n) is 5.16. The van der Waals surface area contributed by atoms with Gasteiger partial charge in [0.15, 0.2) is 11.5 Å². The topological polar surface area (TPSA) is 100 Å². The maximum atomic E-state index is 10.3. The lowest BCUT2D eigenvalue weighted by molar-refractivity contribution is -0.00841. The molecule has 0 saturated carbocycles. The summed E-state index contributed by atoms with van der Waals surface area (Å²) in [4.78, 5) is 0.